The molecule has 0 aromatic rings. The Morgan fingerprint density at radius 2 is 1.67 bits per heavy atom. The number of carbonyl (C=O) groups is 2. The Balaban J connectivity index is 4.41. The number of allylic oxidation sites excluding steroid dienone is 1. The molecule has 0 rings (SSSR count). The van der Waals surface area contributed by atoms with Crippen LogP contribution in [0.25, 0.3) is 0 Å². The summed E-state index contributed by atoms with van der Waals surface area (Å²) in [7, 11) is 0. The fourth-order valence-electron chi connectivity index (χ4n) is 0.962. The lowest BCUT2D eigenvalue weighted by Gasteiger charge is -2.11. The fraction of sp³-hybridized carbons (Fsp3) is 0.600. The molecule has 15 heavy (non-hydrogen) atoms. The minimum Gasteiger partial charge on any atom is -0.465 e. The van der Waals surface area contributed by atoms with Crippen molar-refractivity contribution in [1.82, 2.24) is 0 Å². The highest BCUT2D eigenvalue weighted by molar-refractivity contribution is 6.25. The van der Waals surface area contributed by atoms with Crippen LogP contribution in [0.15, 0.2) is 11.6 Å². The standard InChI is InChI=1S/C10H15ClO4/c1-3-14-9(12)8(6-5-7-11)10(13)15-4-2/h5,7-8H,3-4,6H2,1-2H3/b7-5-. The molecule has 0 saturated carbocycles. The summed E-state index contributed by atoms with van der Waals surface area (Å²) in [6.45, 7) is 3.83. The van der Waals surface area contributed by atoms with E-state index in [0.29, 0.717) is 0 Å². The monoisotopic (exact) mass is 234 g/mol. The first-order valence-corrected chi connectivity index (χ1v) is 5.19. The van der Waals surface area contributed by atoms with Crippen molar-refractivity contribution in [2.45, 2.75) is 20.3 Å². The third kappa shape index (κ3) is 5.42. The summed E-state index contributed by atoms with van der Waals surface area (Å²) in [6.07, 6.45) is 1.71. The Kier molecular flexibility index (Phi) is 7.72. The lowest BCUT2D eigenvalue weighted by Crippen LogP contribution is -2.27. The first-order chi connectivity index (χ1) is 7.17. The van der Waals surface area contributed by atoms with Crippen LogP contribution in [-0.2, 0) is 19.1 Å². The van der Waals surface area contributed by atoms with Crippen molar-refractivity contribution in [2.75, 3.05) is 13.2 Å². The van der Waals surface area contributed by atoms with Crippen LogP contribution >= 0.6 is 11.6 Å². The number of rotatable bonds is 6. The number of esters is 2. The maximum absolute atomic E-state index is 11.4. The van der Waals surface area contributed by atoms with Gasteiger partial charge < -0.3 is 9.47 Å². The quantitative estimate of drug-likeness (QED) is 0.520. The summed E-state index contributed by atoms with van der Waals surface area (Å²) in [5.41, 5.74) is 1.26. The largest absolute Gasteiger partial charge is 0.465 e. The normalized spacial score (nSPS) is 10.7. The zero-order valence-electron chi connectivity index (χ0n) is 8.86. The second-order valence-corrected chi connectivity index (χ2v) is 2.91. The zero-order valence-corrected chi connectivity index (χ0v) is 9.62. The number of hydrogen-bond donors (Lipinski definition) is 0. The number of carbonyl (C=O) groups excluding carboxylic acids is 2. The lowest BCUT2D eigenvalue weighted by molar-refractivity contribution is -0.161. The van der Waals surface area contributed by atoms with E-state index in [1.54, 1.807) is 13.8 Å². The van der Waals surface area contributed by atoms with Gasteiger partial charge in [0.25, 0.3) is 0 Å². The van der Waals surface area contributed by atoms with E-state index in [0.717, 1.165) is 0 Å². The van der Waals surface area contributed by atoms with Crippen molar-refractivity contribution in [3.05, 3.63) is 11.6 Å². The topological polar surface area (TPSA) is 52.6 Å². The van der Waals surface area contributed by atoms with Crippen molar-refractivity contribution in [3.8, 4) is 0 Å². The molecule has 0 bridgehead atoms. The van der Waals surface area contributed by atoms with E-state index in [-0.39, 0.29) is 19.6 Å². The lowest BCUT2D eigenvalue weighted by atomic mass is 10.1. The van der Waals surface area contributed by atoms with Crippen molar-refractivity contribution in [1.29, 1.82) is 0 Å². The molecule has 0 saturated heterocycles. The second kappa shape index (κ2) is 8.29. The first kappa shape index (κ1) is 14.0. The van der Waals surface area contributed by atoms with Gasteiger partial charge in [-0.2, -0.15) is 0 Å². The van der Waals surface area contributed by atoms with Crippen LogP contribution < -0.4 is 0 Å². The fourth-order valence-corrected chi connectivity index (χ4v) is 1.06. The zero-order chi connectivity index (χ0) is 11.7. The Labute approximate surface area is 94.2 Å². The molecule has 4 nitrogen and oxygen atoms in total. The average Bonchev–Trinajstić information content (AvgIpc) is 2.19. The highest BCUT2D eigenvalue weighted by atomic mass is 35.5. The van der Waals surface area contributed by atoms with Gasteiger partial charge in [-0.15, -0.1) is 0 Å². The van der Waals surface area contributed by atoms with Crippen molar-refractivity contribution < 1.29 is 19.1 Å². The van der Waals surface area contributed by atoms with Crippen LogP contribution in [0.3, 0.4) is 0 Å². The number of hydrogen-bond acceptors (Lipinski definition) is 4. The van der Waals surface area contributed by atoms with Gasteiger partial charge in [0, 0.05) is 5.54 Å². The third-order valence-corrected chi connectivity index (χ3v) is 1.78. The molecule has 0 spiro atoms. The van der Waals surface area contributed by atoms with Crippen LogP contribution in [0, 0.1) is 5.92 Å². The van der Waals surface area contributed by atoms with Crippen LogP contribution in [0.4, 0.5) is 0 Å². The molecule has 0 aromatic carbocycles. The molecule has 0 aliphatic rings. The van der Waals surface area contributed by atoms with Crippen molar-refractivity contribution in [3.63, 3.8) is 0 Å². The molecule has 0 fully saturated rings. The van der Waals surface area contributed by atoms with Crippen LogP contribution in [0.5, 0.6) is 0 Å². The summed E-state index contributed by atoms with van der Waals surface area (Å²) in [4.78, 5) is 22.7. The minimum atomic E-state index is -0.917. The van der Waals surface area contributed by atoms with Gasteiger partial charge in [-0.05, 0) is 20.3 Å². The Hall–Kier alpha value is -1.03. The van der Waals surface area contributed by atoms with E-state index >= 15 is 0 Å². The Morgan fingerprint density at radius 1 is 1.20 bits per heavy atom. The molecule has 0 aliphatic heterocycles. The molecule has 0 amide bonds. The summed E-state index contributed by atoms with van der Waals surface area (Å²) < 4.78 is 9.50. The van der Waals surface area contributed by atoms with Gasteiger partial charge in [-0.1, -0.05) is 17.7 Å². The molecule has 0 atom stereocenters. The Morgan fingerprint density at radius 3 is 2.00 bits per heavy atom. The van der Waals surface area contributed by atoms with E-state index in [1.807, 2.05) is 0 Å². The molecule has 0 N–H and O–H groups in total. The van der Waals surface area contributed by atoms with Gasteiger partial charge in [0.15, 0.2) is 5.92 Å². The number of ether oxygens (including phenoxy) is 2. The second-order valence-electron chi connectivity index (χ2n) is 2.65. The summed E-state index contributed by atoms with van der Waals surface area (Å²) in [6, 6.07) is 0. The van der Waals surface area contributed by atoms with Gasteiger partial charge >= 0.3 is 11.9 Å². The van der Waals surface area contributed by atoms with E-state index < -0.39 is 17.9 Å². The van der Waals surface area contributed by atoms with Gasteiger partial charge in [0.05, 0.1) is 13.2 Å². The minimum absolute atomic E-state index is 0.196. The van der Waals surface area contributed by atoms with Gasteiger partial charge in [-0.3, -0.25) is 9.59 Å². The molecule has 86 valence electrons. The van der Waals surface area contributed by atoms with Crippen molar-refractivity contribution >= 4 is 23.5 Å². The smallest absolute Gasteiger partial charge is 0.320 e. The molecule has 0 aromatic heterocycles. The van der Waals surface area contributed by atoms with Crippen molar-refractivity contribution in [2.24, 2.45) is 5.92 Å². The molecule has 0 aliphatic carbocycles. The van der Waals surface area contributed by atoms with Crippen LogP contribution in [0.2, 0.25) is 0 Å². The predicted molar refractivity (Wildman–Crippen MR) is 56.4 cm³/mol. The highest BCUT2D eigenvalue weighted by Gasteiger charge is 2.27. The molecular weight excluding hydrogens is 220 g/mol. The number of halogens is 1. The summed E-state index contributed by atoms with van der Waals surface area (Å²) in [5, 5.41) is 0. The van der Waals surface area contributed by atoms with E-state index in [1.165, 1.54) is 11.6 Å². The van der Waals surface area contributed by atoms with Crippen LogP contribution in [-0.4, -0.2) is 25.2 Å². The van der Waals surface area contributed by atoms with Gasteiger partial charge in [0.2, 0.25) is 0 Å². The summed E-state index contributed by atoms with van der Waals surface area (Å²) in [5.74, 6) is -2.07. The first-order valence-electron chi connectivity index (χ1n) is 4.75. The SMILES string of the molecule is CCOC(=O)C(C/C=C\Cl)C(=O)OCC. The molecule has 5 heteroatoms. The molecule has 0 radical (unpaired) electrons. The van der Waals surface area contributed by atoms with E-state index in [4.69, 9.17) is 21.1 Å². The molecule has 0 unspecified atom stereocenters. The Bertz CT molecular complexity index is 220. The average molecular weight is 235 g/mol. The maximum atomic E-state index is 11.4. The van der Waals surface area contributed by atoms with E-state index in [2.05, 4.69) is 0 Å². The molecular formula is C10H15ClO4. The highest BCUT2D eigenvalue weighted by Crippen LogP contribution is 2.10. The predicted octanol–water partition coefficient (Wildman–Crippen LogP) is 1.87. The van der Waals surface area contributed by atoms with Crippen LogP contribution in [0.1, 0.15) is 20.3 Å². The summed E-state index contributed by atoms with van der Waals surface area (Å²) >= 11 is 5.32. The molecule has 0 heterocycles. The van der Waals surface area contributed by atoms with Gasteiger partial charge in [0.1, 0.15) is 0 Å². The van der Waals surface area contributed by atoms with E-state index in [9.17, 15) is 9.59 Å². The van der Waals surface area contributed by atoms with Gasteiger partial charge in [-0.25, -0.2) is 0 Å². The maximum Gasteiger partial charge on any atom is 0.320 e. The third-order valence-electron chi connectivity index (χ3n) is 1.60.